The molecule has 0 aliphatic heterocycles. The summed E-state index contributed by atoms with van der Waals surface area (Å²) in [7, 11) is 3.04. The summed E-state index contributed by atoms with van der Waals surface area (Å²) in [6.07, 6.45) is 0.0309. The Morgan fingerprint density at radius 2 is 1.77 bits per heavy atom. The van der Waals surface area contributed by atoms with E-state index in [-0.39, 0.29) is 30.5 Å². The minimum atomic E-state index is -2.79. The van der Waals surface area contributed by atoms with Gasteiger partial charge < -0.3 is 21.7 Å². The molecule has 10 nitrogen and oxygen atoms in total. The zero-order valence-corrected chi connectivity index (χ0v) is 21.3. The molecule has 2 saturated carbocycles. The SMILES string of the molecule is CN(C)C1C(=O)C(C(N)=O)C(=O)C2(O)C(=O)C3C(=O)c4c(O)c(CN)cc(-c5ccc(F)cc5)c4CC3CC12. The summed E-state index contributed by atoms with van der Waals surface area (Å²) in [6, 6.07) is 5.98. The van der Waals surface area contributed by atoms with E-state index in [0.29, 0.717) is 16.7 Å². The molecule has 0 radical (unpaired) electrons. The highest BCUT2D eigenvalue weighted by atomic mass is 19.1. The first kappa shape index (κ1) is 26.8. The van der Waals surface area contributed by atoms with E-state index in [1.807, 2.05) is 0 Å². The van der Waals surface area contributed by atoms with Gasteiger partial charge in [-0.1, -0.05) is 12.1 Å². The lowest BCUT2D eigenvalue weighted by atomic mass is 9.52. The third-order valence-corrected chi connectivity index (χ3v) is 8.52. The number of Topliss-reactive ketones (excluding diaryl/α,β-unsaturated/α-hetero) is 4. The number of phenolic OH excluding ortho intramolecular Hbond substituents is 1. The number of fused-ring (bicyclic) bond motifs is 3. The van der Waals surface area contributed by atoms with Gasteiger partial charge in [0.05, 0.1) is 17.5 Å². The van der Waals surface area contributed by atoms with Gasteiger partial charge in [0, 0.05) is 18.0 Å². The number of likely N-dealkylation sites (N-methyl/N-ethyl adjacent to an activating group) is 1. The van der Waals surface area contributed by atoms with Crippen LogP contribution in [0, 0.1) is 29.5 Å². The minimum Gasteiger partial charge on any atom is -0.507 e. The fraction of sp³-hybridized carbons (Fsp3) is 0.393. The highest BCUT2D eigenvalue weighted by Crippen LogP contribution is 2.52. The number of hydrogen-bond donors (Lipinski definition) is 4. The lowest BCUT2D eigenvalue weighted by molar-refractivity contribution is -0.181. The number of ketones is 4. The van der Waals surface area contributed by atoms with Crippen LogP contribution >= 0.6 is 0 Å². The molecule has 0 spiro atoms. The second kappa shape index (κ2) is 9.15. The van der Waals surface area contributed by atoms with Gasteiger partial charge in [-0.3, -0.25) is 28.9 Å². The normalized spacial score (nSPS) is 30.2. The Balaban J connectivity index is 1.69. The molecule has 6 N–H and O–H groups in total. The van der Waals surface area contributed by atoms with E-state index in [1.165, 1.54) is 43.3 Å². The zero-order chi connectivity index (χ0) is 28.5. The van der Waals surface area contributed by atoms with Crippen LogP contribution in [0.5, 0.6) is 5.75 Å². The van der Waals surface area contributed by atoms with Gasteiger partial charge in [-0.15, -0.1) is 0 Å². The predicted octanol–water partition coefficient (Wildman–Crippen LogP) is 0.132. The minimum absolute atomic E-state index is 0.0633. The standard InChI is InChI=1S/C28H28FN3O7/c1-32(2)21-17-9-12-7-16-15(11-3-5-14(29)6-4-11)8-13(10-30)22(33)19(16)23(34)18(12)25(36)28(17,39)26(37)20(24(21)35)27(31)38/h3-6,8,12,17-18,20-21,33,39H,7,9-10,30H2,1-2H3,(H2,31,38). The van der Waals surface area contributed by atoms with Gasteiger partial charge in [-0.05, 0) is 67.7 Å². The summed E-state index contributed by atoms with van der Waals surface area (Å²) in [5, 5.41) is 22.7. The van der Waals surface area contributed by atoms with Crippen molar-refractivity contribution < 1.29 is 38.6 Å². The number of aromatic hydroxyl groups is 1. The maximum Gasteiger partial charge on any atom is 0.235 e. The summed E-state index contributed by atoms with van der Waals surface area (Å²) in [4.78, 5) is 67.9. The largest absolute Gasteiger partial charge is 0.507 e. The topological polar surface area (TPSA) is 181 Å². The third-order valence-electron chi connectivity index (χ3n) is 8.52. The van der Waals surface area contributed by atoms with Crippen LogP contribution in [0.1, 0.15) is 27.9 Å². The first-order valence-electron chi connectivity index (χ1n) is 12.5. The molecule has 2 fully saturated rings. The van der Waals surface area contributed by atoms with Crippen molar-refractivity contribution in [2.24, 2.45) is 35.1 Å². The first-order valence-corrected chi connectivity index (χ1v) is 12.5. The molecule has 0 heterocycles. The van der Waals surface area contributed by atoms with Crippen LogP contribution in [-0.2, 0) is 32.1 Å². The molecule has 0 aromatic heterocycles. The molecule has 6 atom stereocenters. The van der Waals surface area contributed by atoms with Crippen molar-refractivity contribution in [2.45, 2.75) is 31.0 Å². The maximum absolute atomic E-state index is 13.9. The summed E-state index contributed by atoms with van der Waals surface area (Å²) in [5.74, 6) is -11.7. The Labute approximate surface area is 222 Å². The molecule has 3 aliphatic carbocycles. The number of benzene rings is 2. The molecule has 3 aliphatic rings. The van der Waals surface area contributed by atoms with Gasteiger partial charge in [-0.25, -0.2) is 4.39 Å². The molecular formula is C28H28FN3O7. The average Bonchev–Trinajstić information content (AvgIpc) is 2.86. The number of primary amides is 1. The number of carbonyl (C=O) groups is 5. The van der Waals surface area contributed by atoms with Gasteiger partial charge in [0.25, 0.3) is 0 Å². The number of halogens is 1. The number of rotatable bonds is 4. The van der Waals surface area contributed by atoms with E-state index in [4.69, 9.17) is 11.5 Å². The quantitative estimate of drug-likeness (QED) is 0.394. The van der Waals surface area contributed by atoms with E-state index >= 15 is 0 Å². The maximum atomic E-state index is 13.9. The van der Waals surface area contributed by atoms with Crippen LogP contribution in [0.3, 0.4) is 0 Å². The molecule has 204 valence electrons. The fourth-order valence-electron chi connectivity index (χ4n) is 6.77. The van der Waals surface area contributed by atoms with Crippen molar-refractivity contribution in [3.05, 3.63) is 52.8 Å². The van der Waals surface area contributed by atoms with E-state index in [1.54, 1.807) is 6.07 Å². The van der Waals surface area contributed by atoms with Gasteiger partial charge in [0.2, 0.25) is 5.91 Å². The van der Waals surface area contributed by atoms with E-state index in [0.717, 1.165) is 0 Å². The van der Waals surface area contributed by atoms with E-state index in [2.05, 4.69) is 0 Å². The number of amides is 1. The highest BCUT2D eigenvalue weighted by Gasteiger charge is 2.69. The molecule has 2 aromatic rings. The van der Waals surface area contributed by atoms with Crippen molar-refractivity contribution in [1.82, 2.24) is 4.90 Å². The molecule has 6 unspecified atom stereocenters. The molecule has 11 heteroatoms. The lowest BCUT2D eigenvalue weighted by Crippen LogP contribution is -2.74. The molecular weight excluding hydrogens is 509 g/mol. The smallest absolute Gasteiger partial charge is 0.235 e. The van der Waals surface area contributed by atoms with Gasteiger partial charge >= 0.3 is 0 Å². The number of phenols is 1. The second-order valence-electron chi connectivity index (χ2n) is 10.8. The fourth-order valence-corrected chi connectivity index (χ4v) is 6.77. The van der Waals surface area contributed by atoms with Crippen LogP contribution in [0.4, 0.5) is 4.39 Å². The van der Waals surface area contributed by atoms with Crippen molar-refractivity contribution in [3.63, 3.8) is 0 Å². The lowest BCUT2D eigenvalue weighted by Gasteiger charge is -2.52. The monoisotopic (exact) mass is 537 g/mol. The Bertz CT molecular complexity index is 1450. The summed E-state index contributed by atoms with van der Waals surface area (Å²) < 4.78 is 13.7. The summed E-state index contributed by atoms with van der Waals surface area (Å²) >= 11 is 0. The Morgan fingerprint density at radius 3 is 2.33 bits per heavy atom. The summed E-state index contributed by atoms with van der Waals surface area (Å²) in [5.41, 5.74) is 9.95. The van der Waals surface area contributed by atoms with E-state index in [9.17, 15) is 38.6 Å². The van der Waals surface area contributed by atoms with Crippen LogP contribution < -0.4 is 11.5 Å². The molecule has 0 saturated heterocycles. The third kappa shape index (κ3) is 3.68. The highest BCUT2D eigenvalue weighted by molar-refractivity contribution is 6.32. The number of nitrogens with two attached hydrogens (primary N) is 2. The van der Waals surface area contributed by atoms with E-state index < -0.39 is 75.9 Å². The van der Waals surface area contributed by atoms with Crippen molar-refractivity contribution >= 4 is 29.0 Å². The number of carbonyl (C=O) groups excluding carboxylic acids is 5. The Kier molecular flexibility index (Phi) is 6.28. The number of aliphatic hydroxyl groups is 1. The summed E-state index contributed by atoms with van der Waals surface area (Å²) in [6.45, 7) is -0.139. The first-order chi connectivity index (χ1) is 18.3. The molecule has 0 bridgehead atoms. The zero-order valence-electron chi connectivity index (χ0n) is 21.3. The van der Waals surface area contributed by atoms with Crippen LogP contribution in [0.2, 0.25) is 0 Å². The Hall–Kier alpha value is -3.80. The van der Waals surface area contributed by atoms with Crippen LogP contribution in [0.15, 0.2) is 30.3 Å². The van der Waals surface area contributed by atoms with Gasteiger partial charge in [-0.2, -0.15) is 0 Å². The van der Waals surface area contributed by atoms with Crippen molar-refractivity contribution in [1.29, 1.82) is 0 Å². The van der Waals surface area contributed by atoms with Crippen LogP contribution in [0.25, 0.3) is 11.1 Å². The molecule has 1 amide bonds. The van der Waals surface area contributed by atoms with Crippen molar-refractivity contribution in [2.75, 3.05) is 14.1 Å². The molecule has 2 aromatic carbocycles. The Morgan fingerprint density at radius 1 is 1.13 bits per heavy atom. The van der Waals surface area contributed by atoms with Crippen molar-refractivity contribution in [3.8, 4) is 16.9 Å². The average molecular weight is 538 g/mol. The number of nitrogens with zero attached hydrogens (tertiary/aromatic N) is 1. The molecule has 39 heavy (non-hydrogen) atoms. The molecule has 5 rings (SSSR count). The van der Waals surface area contributed by atoms with Crippen LogP contribution in [-0.4, -0.2) is 69.9 Å². The van der Waals surface area contributed by atoms with Gasteiger partial charge in [0.15, 0.2) is 34.7 Å². The predicted molar refractivity (Wildman–Crippen MR) is 135 cm³/mol. The second-order valence-corrected chi connectivity index (χ2v) is 10.8. The van der Waals surface area contributed by atoms with Gasteiger partial charge in [0.1, 0.15) is 11.6 Å². The number of hydrogen-bond acceptors (Lipinski definition) is 9.